The molecule has 1 N–H and O–H groups in total. The van der Waals surface area contributed by atoms with Crippen LogP contribution in [-0.4, -0.2) is 30.9 Å². The van der Waals surface area contributed by atoms with Crippen LogP contribution in [0.25, 0.3) is 10.9 Å². The maximum absolute atomic E-state index is 11.8. The fourth-order valence-corrected chi connectivity index (χ4v) is 2.22. The number of fused-ring (bicyclic) bond motifs is 1. The zero-order chi connectivity index (χ0) is 14.2. The van der Waals surface area contributed by atoms with Gasteiger partial charge in [-0.25, -0.2) is 0 Å². The monoisotopic (exact) mass is 274 g/mol. The van der Waals surface area contributed by atoms with E-state index in [0.29, 0.717) is 0 Å². The molecule has 0 fully saturated rings. The first-order valence-corrected chi connectivity index (χ1v) is 7.19. The van der Waals surface area contributed by atoms with Crippen molar-refractivity contribution in [1.82, 2.24) is 9.88 Å². The fraction of sp³-hybridized carbons (Fsp3) is 0.438. The van der Waals surface area contributed by atoms with Gasteiger partial charge in [0.1, 0.15) is 0 Å². The molecule has 0 saturated carbocycles. The average Bonchev–Trinajstić information content (AvgIpc) is 2.49. The number of hydrogen-bond donors (Lipinski definition) is 1. The molecule has 0 spiro atoms. The van der Waals surface area contributed by atoms with Crippen LogP contribution in [0.4, 0.5) is 0 Å². The van der Waals surface area contributed by atoms with Crippen LogP contribution in [0.2, 0.25) is 0 Å². The van der Waals surface area contributed by atoms with Crippen molar-refractivity contribution in [3.8, 4) is 0 Å². The highest BCUT2D eigenvalue weighted by Crippen LogP contribution is 2.08. The van der Waals surface area contributed by atoms with Crippen LogP contribution < -0.4 is 10.7 Å². The lowest BCUT2D eigenvalue weighted by Crippen LogP contribution is -2.22. The summed E-state index contributed by atoms with van der Waals surface area (Å²) in [5, 5.41) is 4.18. The Labute approximate surface area is 119 Å². The van der Waals surface area contributed by atoms with Gasteiger partial charge in [0.2, 0.25) is 0 Å². The summed E-state index contributed by atoms with van der Waals surface area (Å²) in [7, 11) is 0. The van der Waals surface area contributed by atoms with Crippen LogP contribution in [0.1, 0.15) is 13.3 Å². The van der Waals surface area contributed by atoms with Gasteiger partial charge in [-0.2, -0.15) is 0 Å². The lowest BCUT2D eigenvalue weighted by atomic mass is 10.2. The molecule has 1 aromatic heterocycles. The molecule has 1 heterocycles. The number of para-hydroxylation sites is 1. The van der Waals surface area contributed by atoms with E-state index in [4.69, 9.17) is 4.74 Å². The summed E-state index contributed by atoms with van der Waals surface area (Å²) in [6.45, 7) is 6.30. The topological polar surface area (TPSA) is 43.3 Å². The number of rotatable bonds is 8. The Balaban J connectivity index is 1.88. The van der Waals surface area contributed by atoms with Crippen LogP contribution in [0.5, 0.6) is 0 Å². The minimum Gasteiger partial charge on any atom is -0.382 e. The molecule has 0 unspecified atom stereocenters. The van der Waals surface area contributed by atoms with Gasteiger partial charge in [-0.1, -0.05) is 12.1 Å². The Morgan fingerprint density at radius 2 is 2.05 bits per heavy atom. The Morgan fingerprint density at radius 3 is 2.90 bits per heavy atom. The quantitative estimate of drug-likeness (QED) is 0.749. The first-order valence-electron chi connectivity index (χ1n) is 7.19. The van der Waals surface area contributed by atoms with Gasteiger partial charge in [0.25, 0.3) is 0 Å². The maximum atomic E-state index is 11.8. The van der Waals surface area contributed by atoms with Gasteiger partial charge in [0, 0.05) is 44.0 Å². The summed E-state index contributed by atoms with van der Waals surface area (Å²) < 4.78 is 7.41. The van der Waals surface area contributed by atoms with E-state index >= 15 is 0 Å². The Hall–Kier alpha value is -1.65. The van der Waals surface area contributed by atoms with Gasteiger partial charge in [0.15, 0.2) is 5.43 Å². The molecule has 2 rings (SSSR count). The van der Waals surface area contributed by atoms with E-state index in [-0.39, 0.29) is 5.43 Å². The van der Waals surface area contributed by atoms with E-state index in [9.17, 15) is 4.79 Å². The third kappa shape index (κ3) is 3.92. The highest BCUT2D eigenvalue weighted by atomic mass is 16.5. The Bertz CT molecular complexity index is 592. The molecule has 0 aliphatic carbocycles. The zero-order valence-corrected chi connectivity index (χ0v) is 12.0. The average molecular weight is 274 g/mol. The summed E-state index contributed by atoms with van der Waals surface area (Å²) in [5.41, 5.74) is 1.08. The third-order valence-electron chi connectivity index (χ3n) is 3.26. The molecule has 0 aliphatic rings. The van der Waals surface area contributed by atoms with Gasteiger partial charge in [-0.15, -0.1) is 0 Å². The van der Waals surface area contributed by atoms with Gasteiger partial charge >= 0.3 is 0 Å². The smallest absolute Gasteiger partial charge is 0.189 e. The molecular formula is C16H22N2O2. The second-order valence-electron chi connectivity index (χ2n) is 4.69. The van der Waals surface area contributed by atoms with Crippen molar-refractivity contribution in [3.63, 3.8) is 0 Å². The van der Waals surface area contributed by atoms with Crippen molar-refractivity contribution in [2.45, 2.75) is 19.9 Å². The van der Waals surface area contributed by atoms with Crippen molar-refractivity contribution >= 4 is 10.9 Å². The van der Waals surface area contributed by atoms with Crippen molar-refractivity contribution in [2.75, 3.05) is 26.3 Å². The normalized spacial score (nSPS) is 11.1. The zero-order valence-electron chi connectivity index (χ0n) is 12.0. The second kappa shape index (κ2) is 7.82. The molecule has 0 radical (unpaired) electrons. The van der Waals surface area contributed by atoms with Crippen molar-refractivity contribution in [1.29, 1.82) is 0 Å². The number of ether oxygens (including phenoxy) is 1. The molecule has 108 valence electrons. The molecule has 4 heteroatoms. The van der Waals surface area contributed by atoms with E-state index in [1.807, 2.05) is 37.4 Å². The number of nitrogens with one attached hydrogen (secondary N) is 1. The molecule has 2 aromatic rings. The molecular weight excluding hydrogens is 252 g/mol. The van der Waals surface area contributed by atoms with Crippen LogP contribution in [0, 0.1) is 0 Å². The van der Waals surface area contributed by atoms with Gasteiger partial charge in [0.05, 0.1) is 5.52 Å². The van der Waals surface area contributed by atoms with Crippen molar-refractivity contribution in [3.05, 3.63) is 46.8 Å². The van der Waals surface area contributed by atoms with Gasteiger partial charge < -0.3 is 14.6 Å². The molecule has 1 aromatic carbocycles. The Kier molecular flexibility index (Phi) is 5.77. The van der Waals surface area contributed by atoms with E-state index in [1.165, 1.54) is 0 Å². The highest BCUT2D eigenvalue weighted by molar-refractivity contribution is 5.78. The molecule has 20 heavy (non-hydrogen) atoms. The minimum atomic E-state index is 0.0847. The fourth-order valence-electron chi connectivity index (χ4n) is 2.22. The highest BCUT2D eigenvalue weighted by Gasteiger charge is 2.01. The summed E-state index contributed by atoms with van der Waals surface area (Å²) in [5.74, 6) is 0. The third-order valence-corrected chi connectivity index (χ3v) is 3.26. The van der Waals surface area contributed by atoms with E-state index in [1.54, 1.807) is 6.07 Å². The van der Waals surface area contributed by atoms with Crippen LogP contribution in [-0.2, 0) is 11.3 Å². The summed E-state index contributed by atoms with van der Waals surface area (Å²) in [6.07, 6.45) is 2.89. The van der Waals surface area contributed by atoms with Crippen LogP contribution in [0.3, 0.4) is 0 Å². The van der Waals surface area contributed by atoms with Gasteiger partial charge in [-0.3, -0.25) is 4.79 Å². The maximum Gasteiger partial charge on any atom is 0.189 e. The first-order chi connectivity index (χ1) is 9.83. The molecule has 0 saturated heterocycles. The SMILES string of the molecule is CCOCCCNCCn1ccc(=O)c2ccccc21. The molecule has 0 atom stereocenters. The number of nitrogens with zero attached hydrogens (tertiary/aromatic N) is 1. The predicted octanol–water partition coefficient (Wildman–Crippen LogP) is 2.02. The standard InChI is InChI=1S/C16H22N2O2/c1-2-20-13-5-9-17-10-12-18-11-8-16(19)14-6-3-4-7-15(14)18/h3-4,6-8,11,17H,2,5,9-10,12-13H2,1H3. The number of benzene rings is 1. The van der Waals surface area contributed by atoms with Crippen LogP contribution >= 0.6 is 0 Å². The summed E-state index contributed by atoms with van der Waals surface area (Å²) in [4.78, 5) is 11.8. The largest absolute Gasteiger partial charge is 0.382 e. The Morgan fingerprint density at radius 1 is 1.20 bits per heavy atom. The molecule has 0 aliphatic heterocycles. The second-order valence-corrected chi connectivity index (χ2v) is 4.69. The lowest BCUT2D eigenvalue weighted by Gasteiger charge is -2.11. The predicted molar refractivity (Wildman–Crippen MR) is 82.2 cm³/mol. The molecule has 0 bridgehead atoms. The number of pyridine rings is 1. The summed E-state index contributed by atoms with van der Waals surface area (Å²) >= 11 is 0. The van der Waals surface area contributed by atoms with Gasteiger partial charge in [-0.05, 0) is 32.0 Å². The van der Waals surface area contributed by atoms with Crippen molar-refractivity contribution < 1.29 is 4.74 Å². The van der Waals surface area contributed by atoms with E-state index in [0.717, 1.165) is 50.2 Å². The number of hydrogen-bond acceptors (Lipinski definition) is 3. The lowest BCUT2D eigenvalue weighted by molar-refractivity contribution is 0.145. The number of aromatic nitrogens is 1. The van der Waals surface area contributed by atoms with E-state index in [2.05, 4.69) is 9.88 Å². The van der Waals surface area contributed by atoms with Crippen LogP contribution in [0.15, 0.2) is 41.3 Å². The van der Waals surface area contributed by atoms with E-state index < -0.39 is 0 Å². The molecule has 0 amide bonds. The summed E-state index contributed by atoms with van der Waals surface area (Å²) in [6, 6.07) is 9.38. The molecule has 4 nitrogen and oxygen atoms in total. The van der Waals surface area contributed by atoms with Crippen molar-refractivity contribution in [2.24, 2.45) is 0 Å². The first kappa shape index (κ1) is 14.8. The minimum absolute atomic E-state index is 0.0847.